The van der Waals surface area contributed by atoms with Crippen molar-refractivity contribution in [3.05, 3.63) is 69.7 Å². The van der Waals surface area contributed by atoms with Crippen molar-refractivity contribution in [3.8, 4) is 5.75 Å². The van der Waals surface area contributed by atoms with Crippen LogP contribution in [0.15, 0.2) is 48.5 Å². The van der Waals surface area contributed by atoms with Crippen molar-refractivity contribution in [2.75, 3.05) is 39.2 Å². The molecule has 0 N–H and O–H groups in total. The first-order valence-electron chi connectivity index (χ1n) is 10.6. The highest BCUT2D eigenvalue weighted by Crippen LogP contribution is 2.31. The molecule has 1 aliphatic rings. The summed E-state index contributed by atoms with van der Waals surface area (Å²) in [7, 11) is 5.64. The highest BCUT2D eigenvalue weighted by molar-refractivity contribution is 7.11. The van der Waals surface area contributed by atoms with Crippen LogP contribution in [0.3, 0.4) is 0 Å². The second kappa shape index (κ2) is 9.47. The van der Waals surface area contributed by atoms with Gasteiger partial charge in [0.25, 0.3) is 5.91 Å². The molecule has 2 heterocycles. The van der Waals surface area contributed by atoms with Gasteiger partial charge in [0.1, 0.15) is 15.8 Å². The Morgan fingerprint density at radius 2 is 1.87 bits per heavy atom. The lowest BCUT2D eigenvalue weighted by Crippen LogP contribution is -2.38. The first-order valence-corrected chi connectivity index (χ1v) is 11.4. The summed E-state index contributed by atoms with van der Waals surface area (Å²) < 4.78 is 5.22. The molecule has 0 saturated carbocycles. The van der Waals surface area contributed by atoms with Crippen LogP contribution in [0.4, 0.5) is 5.69 Å². The lowest BCUT2D eigenvalue weighted by molar-refractivity contribution is 0.0713. The van der Waals surface area contributed by atoms with Gasteiger partial charge in [-0.3, -0.25) is 4.79 Å². The number of anilines is 1. The second-order valence-corrected chi connectivity index (χ2v) is 9.16. The van der Waals surface area contributed by atoms with Crippen LogP contribution in [-0.4, -0.2) is 55.3 Å². The van der Waals surface area contributed by atoms with Crippen LogP contribution >= 0.6 is 11.3 Å². The molecule has 0 unspecified atom stereocenters. The third-order valence-corrected chi connectivity index (χ3v) is 6.82. The number of hydrogen-bond acceptors (Lipinski definition) is 6. The van der Waals surface area contributed by atoms with E-state index in [1.54, 1.807) is 18.4 Å². The van der Waals surface area contributed by atoms with Crippen molar-refractivity contribution in [2.45, 2.75) is 25.2 Å². The minimum Gasteiger partial charge on any atom is -0.497 e. The summed E-state index contributed by atoms with van der Waals surface area (Å²) >= 11 is 1.69. The number of piperidine rings is 1. The van der Waals surface area contributed by atoms with Crippen LogP contribution in [0.5, 0.6) is 5.75 Å². The van der Waals surface area contributed by atoms with E-state index in [4.69, 9.17) is 4.74 Å². The normalized spacial score (nSPS) is 14.5. The average Bonchev–Trinajstić information content (AvgIpc) is 3.27. The molecule has 31 heavy (non-hydrogen) atoms. The summed E-state index contributed by atoms with van der Waals surface area (Å²) in [6, 6.07) is 15.9. The van der Waals surface area contributed by atoms with Gasteiger partial charge >= 0.3 is 0 Å². The quantitative estimate of drug-likeness (QED) is 0.579. The van der Waals surface area contributed by atoms with Gasteiger partial charge in [-0.2, -0.15) is 0 Å². The topological polar surface area (TPSA) is 58.6 Å². The summed E-state index contributed by atoms with van der Waals surface area (Å²) in [5.41, 5.74) is 2.99. The third kappa shape index (κ3) is 5.05. The fraction of sp³-hybridized carbons (Fsp3) is 0.375. The van der Waals surface area contributed by atoms with Crippen molar-refractivity contribution >= 4 is 22.9 Å². The summed E-state index contributed by atoms with van der Waals surface area (Å²) in [6.07, 6.45) is 2.63. The Balaban J connectivity index is 1.34. The smallest absolute Gasteiger partial charge is 0.253 e. The number of hydrogen-bond donors (Lipinski definition) is 0. The molecule has 0 bridgehead atoms. The minimum absolute atomic E-state index is 0.111. The fourth-order valence-electron chi connectivity index (χ4n) is 3.85. The highest BCUT2D eigenvalue weighted by Gasteiger charge is 2.27. The van der Waals surface area contributed by atoms with Crippen LogP contribution in [-0.2, 0) is 6.42 Å². The molecule has 4 rings (SSSR count). The number of benzene rings is 2. The molecule has 0 aliphatic carbocycles. The number of nitrogens with zero attached hydrogens (tertiary/aromatic N) is 4. The molecule has 1 aromatic heterocycles. The number of carbonyl (C=O) groups is 1. The van der Waals surface area contributed by atoms with Gasteiger partial charge in [-0.05, 0) is 48.7 Å². The molecule has 1 fully saturated rings. The van der Waals surface area contributed by atoms with Gasteiger partial charge in [0, 0.05) is 50.8 Å². The number of carbonyl (C=O) groups excluding carboxylic acids is 1. The molecule has 0 radical (unpaired) electrons. The molecular formula is C24H28N4O2S. The number of methoxy groups -OCH3 is 1. The minimum atomic E-state index is 0.111. The molecule has 1 aliphatic heterocycles. The van der Waals surface area contributed by atoms with E-state index in [2.05, 4.69) is 22.3 Å². The van der Waals surface area contributed by atoms with Crippen molar-refractivity contribution in [1.29, 1.82) is 0 Å². The van der Waals surface area contributed by atoms with Gasteiger partial charge in [-0.25, -0.2) is 0 Å². The van der Waals surface area contributed by atoms with Gasteiger partial charge in [-0.1, -0.05) is 18.2 Å². The number of amides is 1. The zero-order valence-electron chi connectivity index (χ0n) is 18.2. The van der Waals surface area contributed by atoms with Gasteiger partial charge in [0.2, 0.25) is 0 Å². The molecule has 1 saturated heterocycles. The van der Waals surface area contributed by atoms with Crippen LogP contribution < -0.4 is 9.64 Å². The first kappa shape index (κ1) is 21.3. The van der Waals surface area contributed by atoms with Crippen LogP contribution in [0.1, 0.15) is 44.7 Å². The Kier molecular flexibility index (Phi) is 6.51. The fourth-order valence-corrected chi connectivity index (χ4v) is 4.90. The summed E-state index contributed by atoms with van der Waals surface area (Å²) in [6.45, 7) is 1.51. The predicted molar refractivity (Wildman–Crippen MR) is 124 cm³/mol. The Labute approximate surface area is 187 Å². The predicted octanol–water partition coefficient (Wildman–Crippen LogP) is 4.22. The standard InChI is InChI=1S/C24H28N4O2S/c1-27(2)20-6-4-5-19(16-20)24(29)28-13-11-18(12-14-28)23-26-25-22(31-23)15-17-7-9-21(30-3)10-8-17/h4-10,16,18H,11-15H2,1-3H3. The van der Waals surface area contributed by atoms with E-state index in [0.717, 1.165) is 59.4 Å². The molecule has 2 aromatic carbocycles. The zero-order chi connectivity index (χ0) is 21.8. The second-order valence-electron chi connectivity index (χ2n) is 8.07. The first-order chi connectivity index (χ1) is 15.0. The molecule has 1 amide bonds. The Bertz CT molecular complexity index is 1020. The lowest BCUT2D eigenvalue weighted by atomic mass is 9.97. The van der Waals surface area contributed by atoms with E-state index in [9.17, 15) is 4.79 Å². The molecule has 7 heteroatoms. The summed E-state index contributed by atoms with van der Waals surface area (Å²) in [5, 5.41) is 11.0. The van der Waals surface area contributed by atoms with Crippen molar-refractivity contribution in [3.63, 3.8) is 0 Å². The van der Waals surface area contributed by atoms with E-state index in [1.165, 1.54) is 5.56 Å². The number of ether oxygens (including phenoxy) is 1. The van der Waals surface area contributed by atoms with Crippen molar-refractivity contribution in [2.24, 2.45) is 0 Å². The molecule has 0 atom stereocenters. The monoisotopic (exact) mass is 436 g/mol. The molecule has 3 aromatic rings. The third-order valence-electron chi connectivity index (χ3n) is 5.74. The maximum atomic E-state index is 12.9. The van der Waals surface area contributed by atoms with E-state index < -0.39 is 0 Å². The van der Waals surface area contributed by atoms with E-state index >= 15 is 0 Å². The zero-order valence-corrected chi connectivity index (χ0v) is 19.1. The molecule has 6 nitrogen and oxygen atoms in total. The summed E-state index contributed by atoms with van der Waals surface area (Å²) in [5.74, 6) is 1.34. The lowest BCUT2D eigenvalue weighted by Gasteiger charge is -2.31. The van der Waals surface area contributed by atoms with Crippen LogP contribution in [0, 0.1) is 0 Å². The van der Waals surface area contributed by atoms with E-state index in [1.807, 2.05) is 60.3 Å². The summed E-state index contributed by atoms with van der Waals surface area (Å²) in [4.78, 5) is 16.9. The van der Waals surface area contributed by atoms with Crippen LogP contribution in [0.2, 0.25) is 0 Å². The van der Waals surface area contributed by atoms with Gasteiger partial charge in [0.15, 0.2) is 0 Å². The number of rotatable bonds is 6. The highest BCUT2D eigenvalue weighted by atomic mass is 32.1. The molecule has 0 spiro atoms. The largest absolute Gasteiger partial charge is 0.497 e. The van der Waals surface area contributed by atoms with E-state index in [-0.39, 0.29) is 5.91 Å². The van der Waals surface area contributed by atoms with Gasteiger partial charge in [-0.15, -0.1) is 21.5 Å². The van der Waals surface area contributed by atoms with Crippen LogP contribution in [0.25, 0.3) is 0 Å². The average molecular weight is 437 g/mol. The SMILES string of the molecule is COc1ccc(Cc2nnc(C3CCN(C(=O)c4cccc(N(C)C)c4)CC3)s2)cc1. The molecule has 162 valence electrons. The molecular weight excluding hydrogens is 408 g/mol. The Morgan fingerprint density at radius 3 is 2.55 bits per heavy atom. The van der Waals surface area contributed by atoms with Gasteiger partial charge in [0.05, 0.1) is 7.11 Å². The maximum Gasteiger partial charge on any atom is 0.253 e. The number of likely N-dealkylation sites (tertiary alicyclic amines) is 1. The van der Waals surface area contributed by atoms with E-state index in [0.29, 0.717) is 5.92 Å². The van der Waals surface area contributed by atoms with Crippen molar-refractivity contribution < 1.29 is 9.53 Å². The number of aromatic nitrogens is 2. The maximum absolute atomic E-state index is 12.9. The van der Waals surface area contributed by atoms with Crippen molar-refractivity contribution in [1.82, 2.24) is 15.1 Å². The van der Waals surface area contributed by atoms with Gasteiger partial charge < -0.3 is 14.5 Å². The Morgan fingerprint density at radius 1 is 1.13 bits per heavy atom. The Hall–Kier alpha value is -2.93.